The molecule has 0 spiro atoms. The van der Waals surface area contributed by atoms with Gasteiger partial charge in [0.1, 0.15) is 0 Å². The highest BCUT2D eigenvalue weighted by Gasteiger charge is 1.68. The smallest absolute Gasteiger partial charge is 0.209 e. The summed E-state index contributed by atoms with van der Waals surface area (Å²) < 4.78 is 0. The summed E-state index contributed by atoms with van der Waals surface area (Å²) in [5, 5.41) is 0. The summed E-state index contributed by atoms with van der Waals surface area (Å²) in [6, 6.07) is 0. The van der Waals surface area contributed by atoms with Crippen LogP contribution in [0.1, 0.15) is 0 Å². The summed E-state index contributed by atoms with van der Waals surface area (Å²) in [6.45, 7) is 0. The SMILES string of the molecule is CCl.CN(C)C=O.[AlH3]. The molecular formula is C4H13AlClNO. The van der Waals surface area contributed by atoms with E-state index in [9.17, 15) is 4.79 Å². The average molecular weight is 154 g/mol. The van der Waals surface area contributed by atoms with E-state index in [1.54, 1.807) is 14.1 Å². The van der Waals surface area contributed by atoms with Crippen molar-refractivity contribution in [3.63, 3.8) is 0 Å². The van der Waals surface area contributed by atoms with Gasteiger partial charge in [0.2, 0.25) is 6.41 Å². The van der Waals surface area contributed by atoms with Crippen molar-refractivity contribution in [2.24, 2.45) is 0 Å². The van der Waals surface area contributed by atoms with Crippen LogP contribution in [-0.4, -0.2) is 49.1 Å². The predicted molar refractivity (Wildman–Crippen MR) is 41.5 cm³/mol. The third-order valence-corrected chi connectivity index (χ3v) is 0.211. The molecule has 0 saturated heterocycles. The van der Waals surface area contributed by atoms with Crippen LogP contribution in [0, 0.1) is 0 Å². The van der Waals surface area contributed by atoms with Crippen molar-refractivity contribution < 1.29 is 4.79 Å². The van der Waals surface area contributed by atoms with Gasteiger partial charge in [0, 0.05) is 20.5 Å². The minimum absolute atomic E-state index is 0. The lowest BCUT2D eigenvalue weighted by molar-refractivity contribution is -0.115. The van der Waals surface area contributed by atoms with E-state index in [-0.39, 0.29) is 17.4 Å². The fourth-order valence-electron chi connectivity index (χ4n) is 0. The molecule has 0 fully saturated rings. The first-order valence-electron chi connectivity index (χ1n) is 1.77. The van der Waals surface area contributed by atoms with Crippen LogP contribution in [-0.2, 0) is 4.79 Å². The highest BCUT2D eigenvalue weighted by atomic mass is 35.5. The van der Waals surface area contributed by atoms with E-state index in [0.717, 1.165) is 6.41 Å². The van der Waals surface area contributed by atoms with Gasteiger partial charge in [-0.2, -0.15) is 0 Å². The highest BCUT2D eigenvalue weighted by molar-refractivity contribution is 6.15. The van der Waals surface area contributed by atoms with Crippen LogP contribution in [0.4, 0.5) is 0 Å². The molecule has 0 unspecified atom stereocenters. The number of alkyl halides is 1. The molecular weight excluding hydrogens is 140 g/mol. The first-order chi connectivity index (χ1) is 3.27. The molecule has 0 aromatic rings. The van der Waals surface area contributed by atoms with Gasteiger partial charge in [0.15, 0.2) is 17.4 Å². The van der Waals surface area contributed by atoms with Gasteiger partial charge in [-0.15, -0.1) is 11.6 Å². The van der Waals surface area contributed by atoms with E-state index in [1.165, 1.54) is 11.3 Å². The number of amides is 1. The molecule has 0 aliphatic heterocycles. The molecule has 0 bridgehead atoms. The minimum Gasteiger partial charge on any atom is -0.351 e. The summed E-state index contributed by atoms with van der Waals surface area (Å²) in [4.78, 5) is 10.9. The van der Waals surface area contributed by atoms with Crippen molar-refractivity contribution in [1.29, 1.82) is 0 Å². The number of rotatable bonds is 1. The van der Waals surface area contributed by atoms with Gasteiger partial charge >= 0.3 is 0 Å². The Hall–Kier alpha value is 0.292. The molecule has 50 valence electrons. The lowest BCUT2D eigenvalue weighted by Gasteiger charge is -1.93. The molecule has 0 aromatic heterocycles. The summed E-state index contributed by atoms with van der Waals surface area (Å²) in [5.41, 5.74) is 0. The first kappa shape index (κ1) is 15.7. The van der Waals surface area contributed by atoms with Gasteiger partial charge in [0.05, 0.1) is 0 Å². The fraction of sp³-hybridized carbons (Fsp3) is 0.750. The zero-order chi connectivity index (χ0) is 6.28. The second kappa shape index (κ2) is 15.7. The number of hydrogen-bond acceptors (Lipinski definition) is 1. The standard InChI is InChI=1S/C3H7NO.CH3Cl.Al.3H/c1-4(2)3-5;1-2;;;;/h3H,1-2H3;1H3;;;;. The summed E-state index contributed by atoms with van der Waals surface area (Å²) in [5.74, 6) is 0. The maximum atomic E-state index is 9.43. The Balaban J connectivity index is -0.0000000750. The van der Waals surface area contributed by atoms with Gasteiger partial charge in [-0.25, -0.2) is 0 Å². The van der Waals surface area contributed by atoms with Gasteiger partial charge in [-0.1, -0.05) is 0 Å². The largest absolute Gasteiger partial charge is 0.351 e. The van der Waals surface area contributed by atoms with Crippen molar-refractivity contribution >= 4 is 35.4 Å². The predicted octanol–water partition coefficient (Wildman–Crippen LogP) is -0.625. The zero-order valence-electron chi connectivity index (χ0n) is 4.81. The van der Waals surface area contributed by atoms with E-state index in [1.807, 2.05) is 0 Å². The third kappa shape index (κ3) is 33.5. The van der Waals surface area contributed by atoms with Crippen molar-refractivity contribution in [3.05, 3.63) is 0 Å². The topological polar surface area (TPSA) is 20.3 Å². The Morgan fingerprint density at radius 3 is 1.50 bits per heavy atom. The van der Waals surface area contributed by atoms with Crippen LogP contribution < -0.4 is 0 Å². The second-order valence-electron chi connectivity index (χ2n) is 1.07. The Bertz CT molecular complexity index is 43.0. The number of carbonyl (C=O) groups excluding carboxylic acids is 1. The quantitative estimate of drug-likeness (QED) is 0.279. The monoisotopic (exact) mass is 153 g/mol. The van der Waals surface area contributed by atoms with E-state index in [0.29, 0.717) is 0 Å². The van der Waals surface area contributed by atoms with Gasteiger partial charge in [-0.3, -0.25) is 4.79 Å². The Morgan fingerprint density at radius 1 is 1.38 bits per heavy atom. The van der Waals surface area contributed by atoms with Gasteiger partial charge < -0.3 is 4.90 Å². The number of carbonyl (C=O) groups is 1. The second-order valence-corrected chi connectivity index (χ2v) is 1.07. The van der Waals surface area contributed by atoms with E-state index in [4.69, 9.17) is 0 Å². The Labute approximate surface area is 65.9 Å². The van der Waals surface area contributed by atoms with Crippen LogP contribution in [0.25, 0.3) is 0 Å². The summed E-state index contributed by atoms with van der Waals surface area (Å²) in [6.07, 6.45) is 2.22. The Morgan fingerprint density at radius 2 is 1.50 bits per heavy atom. The molecule has 2 nitrogen and oxygen atoms in total. The van der Waals surface area contributed by atoms with Crippen LogP contribution in [0.2, 0.25) is 0 Å². The third-order valence-electron chi connectivity index (χ3n) is 0.211. The molecule has 0 atom stereocenters. The van der Waals surface area contributed by atoms with Crippen LogP contribution in [0.5, 0.6) is 0 Å². The highest BCUT2D eigenvalue weighted by Crippen LogP contribution is 1.52. The molecule has 1 amide bonds. The first-order valence-corrected chi connectivity index (χ1v) is 2.52. The molecule has 4 heteroatoms. The molecule has 0 radical (unpaired) electrons. The molecule has 0 aliphatic carbocycles. The molecule has 0 aromatic carbocycles. The van der Waals surface area contributed by atoms with Gasteiger partial charge in [-0.05, 0) is 0 Å². The van der Waals surface area contributed by atoms with Crippen LogP contribution in [0.15, 0.2) is 0 Å². The number of hydrogen-bond donors (Lipinski definition) is 0. The summed E-state index contributed by atoms with van der Waals surface area (Å²) >= 11 is 4.64. The van der Waals surface area contributed by atoms with Crippen molar-refractivity contribution in [1.82, 2.24) is 4.90 Å². The lowest BCUT2D eigenvalue weighted by atomic mass is 11.0. The number of nitrogens with zero attached hydrogens (tertiary/aromatic N) is 1. The van der Waals surface area contributed by atoms with E-state index >= 15 is 0 Å². The lowest BCUT2D eigenvalue weighted by Crippen LogP contribution is -2.06. The normalized spacial score (nSPS) is 5.00. The van der Waals surface area contributed by atoms with Crippen LogP contribution >= 0.6 is 11.6 Å². The van der Waals surface area contributed by atoms with Crippen molar-refractivity contribution in [2.45, 2.75) is 0 Å². The molecule has 0 heterocycles. The van der Waals surface area contributed by atoms with E-state index in [2.05, 4.69) is 11.6 Å². The average Bonchev–Trinajstić information content (AvgIpc) is 1.73. The zero-order valence-corrected chi connectivity index (χ0v) is 5.57. The van der Waals surface area contributed by atoms with Crippen LogP contribution in [0.3, 0.4) is 0 Å². The maximum absolute atomic E-state index is 9.43. The molecule has 0 aliphatic rings. The van der Waals surface area contributed by atoms with Crippen molar-refractivity contribution in [2.75, 3.05) is 20.5 Å². The molecule has 0 N–H and O–H groups in total. The van der Waals surface area contributed by atoms with E-state index < -0.39 is 0 Å². The minimum atomic E-state index is 0. The Kier molecular flexibility index (Phi) is 30.8. The maximum Gasteiger partial charge on any atom is 0.209 e. The summed E-state index contributed by atoms with van der Waals surface area (Å²) in [7, 11) is 3.38. The number of halogens is 1. The molecule has 0 rings (SSSR count). The van der Waals surface area contributed by atoms with Crippen molar-refractivity contribution in [3.8, 4) is 0 Å². The fourth-order valence-corrected chi connectivity index (χ4v) is 0. The van der Waals surface area contributed by atoms with Gasteiger partial charge in [0.25, 0.3) is 0 Å². The molecule has 8 heavy (non-hydrogen) atoms. The molecule has 0 saturated carbocycles.